The van der Waals surface area contributed by atoms with Gasteiger partial charge in [0, 0.05) is 12.2 Å². The molecule has 2 N–H and O–H groups in total. The summed E-state index contributed by atoms with van der Waals surface area (Å²) in [6.07, 6.45) is 1.84. The van der Waals surface area contributed by atoms with E-state index < -0.39 is 0 Å². The molecular formula is C15H18Cl3N3O. The first kappa shape index (κ1) is 20.4. The summed E-state index contributed by atoms with van der Waals surface area (Å²) in [6.45, 7) is 0.782. The summed E-state index contributed by atoms with van der Waals surface area (Å²) >= 11 is 0. The van der Waals surface area contributed by atoms with E-state index in [0.29, 0.717) is 0 Å². The fourth-order valence-corrected chi connectivity index (χ4v) is 2.13. The number of halogens is 3. The highest BCUT2D eigenvalue weighted by Crippen LogP contribution is 2.18. The summed E-state index contributed by atoms with van der Waals surface area (Å²) < 4.78 is 7.26. The molecule has 0 bridgehead atoms. The van der Waals surface area contributed by atoms with Crippen molar-refractivity contribution in [2.45, 2.75) is 6.54 Å². The number of imidazole rings is 1. The van der Waals surface area contributed by atoms with Crippen molar-refractivity contribution in [3.05, 3.63) is 54.4 Å². The number of anilines is 1. The Bertz CT molecular complexity index is 714. The van der Waals surface area contributed by atoms with Crippen LogP contribution in [-0.4, -0.2) is 16.7 Å². The molecule has 22 heavy (non-hydrogen) atoms. The molecule has 0 radical (unpaired) electrons. The Balaban J connectivity index is 0.00000147. The van der Waals surface area contributed by atoms with Crippen molar-refractivity contribution in [3.8, 4) is 5.75 Å². The second-order valence-electron chi connectivity index (χ2n) is 4.47. The molecule has 3 rings (SSSR count). The van der Waals surface area contributed by atoms with E-state index in [1.807, 2.05) is 36.7 Å². The van der Waals surface area contributed by atoms with Crippen molar-refractivity contribution < 1.29 is 4.74 Å². The average molecular weight is 363 g/mol. The van der Waals surface area contributed by atoms with Gasteiger partial charge in [0.15, 0.2) is 0 Å². The number of aromatic nitrogens is 2. The predicted octanol–water partition coefficient (Wildman–Crippen LogP) is 3.94. The molecule has 3 aromatic rings. The van der Waals surface area contributed by atoms with Crippen LogP contribution in [0.25, 0.3) is 11.0 Å². The van der Waals surface area contributed by atoms with Crippen molar-refractivity contribution >= 4 is 53.9 Å². The smallest absolute Gasteiger partial charge is 0.118 e. The number of methoxy groups -OCH3 is 1. The van der Waals surface area contributed by atoms with Gasteiger partial charge in [-0.1, -0.05) is 12.1 Å². The lowest BCUT2D eigenvalue weighted by Gasteiger charge is -2.06. The zero-order valence-electron chi connectivity index (χ0n) is 11.9. The maximum atomic E-state index is 5.75. The molecule has 1 heterocycles. The highest BCUT2D eigenvalue weighted by Gasteiger charge is 2.03. The van der Waals surface area contributed by atoms with Gasteiger partial charge in [-0.05, 0) is 35.9 Å². The number of nitrogens with two attached hydrogens (primary N) is 1. The van der Waals surface area contributed by atoms with Gasteiger partial charge in [-0.15, -0.1) is 37.2 Å². The van der Waals surface area contributed by atoms with Crippen LogP contribution in [0.15, 0.2) is 48.8 Å². The van der Waals surface area contributed by atoms with Crippen LogP contribution in [0, 0.1) is 0 Å². The maximum Gasteiger partial charge on any atom is 0.118 e. The van der Waals surface area contributed by atoms with Crippen LogP contribution in [0.1, 0.15) is 5.56 Å². The Morgan fingerprint density at radius 2 is 1.73 bits per heavy atom. The summed E-state index contributed by atoms with van der Waals surface area (Å²) in [4.78, 5) is 4.37. The fraction of sp³-hybridized carbons (Fsp3) is 0.133. The maximum absolute atomic E-state index is 5.75. The third-order valence-corrected chi connectivity index (χ3v) is 3.16. The van der Waals surface area contributed by atoms with Gasteiger partial charge < -0.3 is 15.0 Å². The monoisotopic (exact) mass is 361 g/mol. The molecule has 0 fully saturated rings. The molecule has 4 nitrogen and oxygen atoms in total. The molecule has 2 aromatic carbocycles. The largest absolute Gasteiger partial charge is 0.497 e. The number of nitrogen functional groups attached to an aromatic ring is 1. The Labute approximate surface area is 147 Å². The summed E-state index contributed by atoms with van der Waals surface area (Å²) in [7, 11) is 1.67. The van der Waals surface area contributed by atoms with Gasteiger partial charge in [-0.3, -0.25) is 0 Å². The number of rotatable bonds is 3. The van der Waals surface area contributed by atoms with Crippen molar-refractivity contribution in [2.75, 3.05) is 12.8 Å². The number of benzene rings is 2. The summed E-state index contributed by atoms with van der Waals surface area (Å²) in [6, 6.07) is 13.8. The third-order valence-electron chi connectivity index (χ3n) is 3.16. The van der Waals surface area contributed by atoms with E-state index in [4.69, 9.17) is 10.5 Å². The first-order valence-electron chi connectivity index (χ1n) is 6.09. The van der Waals surface area contributed by atoms with E-state index in [0.717, 1.165) is 29.0 Å². The average Bonchev–Trinajstić information content (AvgIpc) is 2.82. The second kappa shape index (κ2) is 8.73. The normalized spacial score (nSPS) is 9.32. The minimum atomic E-state index is 0. The zero-order chi connectivity index (χ0) is 13.2. The molecule has 7 heteroatoms. The summed E-state index contributed by atoms with van der Waals surface area (Å²) in [5, 5.41) is 0. The highest BCUT2D eigenvalue weighted by molar-refractivity contribution is 5.86. The number of fused-ring (bicyclic) bond motifs is 1. The van der Waals surface area contributed by atoms with Crippen LogP contribution in [0.2, 0.25) is 0 Å². The SMILES string of the molecule is COc1ccc(Cn2cnc3cc(N)ccc32)cc1.Cl.Cl.Cl. The topological polar surface area (TPSA) is 53.1 Å². The lowest BCUT2D eigenvalue weighted by Crippen LogP contribution is -1.98. The quantitative estimate of drug-likeness (QED) is 0.718. The summed E-state index contributed by atoms with van der Waals surface area (Å²) in [5.74, 6) is 0.868. The number of hydrogen-bond acceptors (Lipinski definition) is 3. The molecule has 0 atom stereocenters. The zero-order valence-corrected chi connectivity index (χ0v) is 14.4. The molecule has 0 saturated heterocycles. The lowest BCUT2D eigenvalue weighted by atomic mass is 10.2. The Morgan fingerprint density at radius 1 is 1.05 bits per heavy atom. The third kappa shape index (κ3) is 4.19. The molecule has 0 aliphatic carbocycles. The van der Waals surface area contributed by atoms with Crippen LogP contribution < -0.4 is 10.5 Å². The molecule has 0 aliphatic heterocycles. The van der Waals surface area contributed by atoms with E-state index in [-0.39, 0.29) is 37.2 Å². The van der Waals surface area contributed by atoms with E-state index in [2.05, 4.69) is 21.7 Å². The van der Waals surface area contributed by atoms with Crippen LogP contribution in [0.3, 0.4) is 0 Å². The predicted molar refractivity (Wildman–Crippen MR) is 98.0 cm³/mol. The van der Waals surface area contributed by atoms with E-state index >= 15 is 0 Å². The van der Waals surface area contributed by atoms with Gasteiger partial charge >= 0.3 is 0 Å². The first-order chi connectivity index (χ1) is 9.26. The number of ether oxygens (including phenoxy) is 1. The fourth-order valence-electron chi connectivity index (χ4n) is 2.13. The minimum Gasteiger partial charge on any atom is -0.497 e. The molecule has 120 valence electrons. The number of hydrogen-bond donors (Lipinski definition) is 1. The van der Waals surface area contributed by atoms with Crippen molar-refractivity contribution in [1.29, 1.82) is 0 Å². The van der Waals surface area contributed by atoms with Crippen LogP contribution >= 0.6 is 37.2 Å². The molecule has 0 aliphatic rings. The Kier molecular flexibility index (Phi) is 8.09. The van der Waals surface area contributed by atoms with Gasteiger partial charge in [0.05, 0.1) is 24.5 Å². The van der Waals surface area contributed by atoms with Crippen LogP contribution in [-0.2, 0) is 6.54 Å². The van der Waals surface area contributed by atoms with Gasteiger partial charge in [0.25, 0.3) is 0 Å². The molecular weight excluding hydrogens is 345 g/mol. The van der Waals surface area contributed by atoms with Gasteiger partial charge in [-0.2, -0.15) is 0 Å². The van der Waals surface area contributed by atoms with Gasteiger partial charge in [0.1, 0.15) is 5.75 Å². The number of nitrogens with zero attached hydrogens (tertiary/aromatic N) is 2. The molecule has 0 saturated carbocycles. The van der Waals surface area contributed by atoms with Crippen molar-refractivity contribution in [2.24, 2.45) is 0 Å². The Hall–Kier alpha value is -1.62. The first-order valence-corrected chi connectivity index (χ1v) is 6.09. The van der Waals surface area contributed by atoms with Crippen molar-refractivity contribution in [1.82, 2.24) is 9.55 Å². The van der Waals surface area contributed by atoms with E-state index in [1.54, 1.807) is 7.11 Å². The van der Waals surface area contributed by atoms with Gasteiger partial charge in [-0.25, -0.2) is 4.98 Å². The molecule has 0 spiro atoms. The molecule has 1 aromatic heterocycles. The van der Waals surface area contributed by atoms with E-state index in [1.165, 1.54) is 5.56 Å². The van der Waals surface area contributed by atoms with Crippen molar-refractivity contribution in [3.63, 3.8) is 0 Å². The minimum absolute atomic E-state index is 0. The Morgan fingerprint density at radius 3 is 2.36 bits per heavy atom. The van der Waals surface area contributed by atoms with E-state index in [9.17, 15) is 0 Å². The second-order valence-corrected chi connectivity index (χ2v) is 4.47. The van der Waals surface area contributed by atoms with Crippen LogP contribution in [0.5, 0.6) is 5.75 Å². The van der Waals surface area contributed by atoms with Crippen LogP contribution in [0.4, 0.5) is 5.69 Å². The standard InChI is InChI=1S/C15H15N3O.3ClH/c1-19-13-5-2-11(3-6-13)9-18-10-17-14-8-12(16)4-7-15(14)18;;;/h2-8,10H,9,16H2,1H3;3*1H. The highest BCUT2D eigenvalue weighted by atomic mass is 35.5. The lowest BCUT2D eigenvalue weighted by molar-refractivity contribution is 0.414. The molecule has 0 amide bonds. The molecule has 0 unspecified atom stereocenters. The van der Waals surface area contributed by atoms with Gasteiger partial charge in [0.2, 0.25) is 0 Å². The summed E-state index contributed by atoms with van der Waals surface area (Å²) in [5.41, 5.74) is 9.71.